The normalized spacial score (nSPS) is 11.5. The minimum Gasteiger partial charge on any atom is -0.325 e. The molecule has 3 nitrogen and oxygen atoms in total. The molecule has 1 aromatic carbocycles. The smallest absolute Gasteiger partial charge is 0.142 e. The van der Waals surface area contributed by atoms with Crippen LogP contribution in [0.3, 0.4) is 0 Å². The number of rotatable bonds is 3. The van der Waals surface area contributed by atoms with Crippen LogP contribution in [0.1, 0.15) is 12.7 Å². The first-order valence-corrected chi connectivity index (χ1v) is 5.90. The molecule has 2 rings (SSSR count). The third-order valence-corrected chi connectivity index (χ3v) is 3.18. The van der Waals surface area contributed by atoms with Crippen LogP contribution >= 0.6 is 23.2 Å². The Kier molecular flexibility index (Phi) is 3.50. The molecule has 0 saturated heterocycles. The summed E-state index contributed by atoms with van der Waals surface area (Å²) >= 11 is 11.9. The van der Waals surface area contributed by atoms with Crippen LogP contribution in [0.5, 0.6) is 0 Å². The number of imidazole rings is 1. The molecule has 0 spiro atoms. The van der Waals surface area contributed by atoms with Crippen LogP contribution in [-0.2, 0) is 11.3 Å². The number of benzene rings is 1. The molecule has 88 valence electrons. The van der Waals surface area contributed by atoms with Gasteiger partial charge in [0.15, 0.2) is 0 Å². The lowest BCUT2D eigenvalue weighted by Gasteiger charge is -2.02. The fourth-order valence-electron chi connectivity index (χ4n) is 1.72. The summed E-state index contributed by atoms with van der Waals surface area (Å²) in [7, 11) is 0. The van der Waals surface area contributed by atoms with Crippen LogP contribution in [0, 0.1) is 0 Å². The Morgan fingerprint density at radius 1 is 1.35 bits per heavy atom. The van der Waals surface area contributed by atoms with Gasteiger partial charge in [-0.1, -0.05) is 23.2 Å². The second kappa shape index (κ2) is 4.90. The van der Waals surface area contributed by atoms with Crippen molar-refractivity contribution in [1.29, 1.82) is 0 Å². The molecule has 0 radical (unpaired) electrons. The van der Waals surface area contributed by atoms with Crippen molar-refractivity contribution in [2.45, 2.75) is 13.5 Å². The van der Waals surface area contributed by atoms with Gasteiger partial charge in [-0.2, -0.15) is 0 Å². The summed E-state index contributed by atoms with van der Waals surface area (Å²) in [6, 6.07) is 3.51. The molecule has 0 amide bonds. The van der Waals surface area contributed by atoms with E-state index < -0.39 is 0 Å². The van der Waals surface area contributed by atoms with E-state index in [2.05, 4.69) is 4.98 Å². The van der Waals surface area contributed by atoms with Crippen LogP contribution in [0.15, 0.2) is 18.2 Å². The number of hydrogen-bond donors (Lipinski definition) is 0. The summed E-state index contributed by atoms with van der Waals surface area (Å²) in [5, 5.41) is 0.977. The standard InChI is InChI=1S/C12H10Cl2N2O/c1-2-16-11-7-9(14)8(13)6-10(11)15-12(16)4-3-5-17/h3-7H,2H2,1H3. The molecule has 17 heavy (non-hydrogen) atoms. The molecule has 0 N–H and O–H groups in total. The van der Waals surface area contributed by atoms with Crippen LogP contribution < -0.4 is 0 Å². The minimum atomic E-state index is 0.478. The molecule has 5 heteroatoms. The SMILES string of the molecule is CCn1c(C=CC=O)nc2cc(Cl)c(Cl)cc21. The van der Waals surface area contributed by atoms with Crippen molar-refractivity contribution in [1.82, 2.24) is 9.55 Å². The molecular formula is C12H10Cl2N2O. The van der Waals surface area contributed by atoms with E-state index in [1.807, 2.05) is 11.5 Å². The Bertz CT molecular complexity index is 602. The quantitative estimate of drug-likeness (QED) is 0.630. The highest BCUT2D eigenvalue weighted by molar-refractivity contribution is 6.42. The number of fused-ring (bicyclic) bond motifs is 1. The van der Waals surface area contributed by atoms with Crippen molar-refractivity contribution >= 4 is 46.6 Å². The zero-order valence-electron chi connectivity index (χ0n) is 9.15. The molecule has 0 saturated carbocycles. The van der Waals surface area contributed by atoms with Gasteiger partial charge < -0.3 is 4.57 Å². The van der Waals surface area contributed by atoms with Crippen molar-refractivity contribution in [3.05, 3.63) is 34.1 Å². The first-order valence-electron chi connectivity index (χ1n) is 5.14. The highest BCUT2D eigenvalue weighted by Crippen LogP contribution is 2.28. The Balaban J connectivity index is 2.70. The molecule has 0 aliphatic carbocycles. The molecule has 2 aromatic rings. The van der Waals surface area contributed by atoms with Crippen LogP contribution in [0.25, 0.3) is 17.1 Å². The van der Waals surface area contributed by atoms with Gasteiger partial charge in [-0.3, -0.25) is 4.79 Å². The van der Waals surface area contributed by atoms with Gasteiger partial charge in [-0.15, -0.1) is 0 Å². The highest BCUT2D eigenvalue weighted by Gasteiger charge is 2.10. The van der Waals surface area contributed by atoms with Crippen molar-refractivity contribution < 1.29 is 4.79 Å². The maximum Gasteiger partial charge on any atom is 0.142 e. The Labute approximate surface area is 109 Å². The average molecular weight is 269 g/mol. The summed E-state index contributed by atoms with van der Waals surface area (Å²) in [5.41, 5.74) is 1.68. The summed E-state index contributed by atoms with van der Waals surface area (Å²) in [5.74, 6) is 0.716. The molecular weight excluding hydrogens is 259 g/mol. The number of carbonyl (C=O) groups is 1. The Morgan fingerprint density at radius 2 is 2.06 bits per heavy atom. The molecule has 1 aromatic heterocycles. The van der Waals surface area contributed by atoms with Gasteiger partial charge in [-0.05, 0) is 31.2 Å². The summed E-state index contributed by atoms with van der Waals surface area (Å²) in [6.07, 6.45) is 3.80. The zero-order valence-corrected chi connectivity index (χ0v) is 10.7. The predicted molar refractivity (Wildman–Crippen MR) is 70.5 cm³/mol. The lowest BCUT2D eigenvalue weighted by atomic mass is 10.3. The first kappa shape index (κ1) is 12.1. The van der Waals surface area contributed by atoms with Crippen molar-refractivity contribution in [2.24, 2.45) is 0 Å². The van der Waals surface area contributed by atoms with E-state index in [-0.39, 0.29) is 0 Å². The van der Waals surface area contributed by atoms with E-state index in [1.54, 1.807) is 18.2 Å². The van der Waals surface area contributed by atoms with Crippen molar-refractivity contribution in [3.63, 3.8) is 0 Å². The van der Waals surface area contributed by atoms with E-state index in [0.29, 0.717) is 15.9 Å². The number of carbonyl (C=O) groups excluding carboxylic acids is 1. The maximum atomic E-state index is 10.3. The topological polar surface area (TPSA) is 34.9 Å². The molecule has 0 bridgehead atoms. The predicted octanol–water partition coefficient (Wildman–Crippen LogP) is 3.58. The van der Waals surface area contributed by atoms with Gasteiger partial charge in [0.2, 0.25) is 0 Å². The summed E-state index contributed by atoms with van der Waals surface area (Å²) in [4.78, 5) is 14.7. The lowest BCUT2D eigenvalue weighted by molar-refractivity contribution is -0.104. The Hall–Kier alpha value is -1.32. The van der Waals surface area contributed by atoms with Crippen LogP contribution in [0.2, 0.25) is 10.0 Å². The molecule has 0 aliphatic heterocycles. The first-order chi connectivity index (χ1) is 8.17. The van der Waals surface area contributed by atoms with E-state index in [1.165, 1.54) is 6.08 Å². The highest BCUT2D eigenvalue weighted by atomic mass is 35.5. The summed E-state index contributed by atoms with van der Waals surface area (Å²) < 4.78 is 1.97. The zero-order chi connectivity index (χ0) is 12.4. The van der Waals surface area contributed by atoms with Gasteiger partial charge in [0.25, 0.3) is 0 Å². The van der Waals surface area contributed by atoms with Gasteiger partial charge in [0.05, 0.1) is 21.1 Å². The van der Waals surface area contributed by atoms with E-state index in [4.69, 9.17) is 23.2 Å². The molecule has 0 fully saturated rings. The lowest BCUT2D eigenvalue weighted by Crippen LogP contribution is -1.96. The monoisotopic (exact) mass is 268 g/mol. The van der Waals surface area contributed by atoms with Gasteiger partial charge in [-0.25, -0.2) is 4.98 Å². The molecule has 0 aliphatic rings. The van der Waals surface area contributed by atoms with Gasteiger partial charge >= 0.3 is 0 Å². The number of aromatic nitrogens is 2. The maximum absolute atomic E-state index is 10.3. The number of halogens is 2. The van der Waals surface area contributed by atoms with E-state index in [0.717, 1.165) is 23.9 Å². The molecule has 1 heterocycles. The second-order valence-electron chi connectivity index (χ2n) is 3.46. The van der Waals surface area contributed by atoms with Gasteiger partial charge in [0, 0.05) is 6.54 Å². The fourth-order valence-corrected chi connectivity index (χ4v) is 2.04. The largest absolute Gasteiger partial charge is 0.325 e. The number of aryl methyl sites for hydroxylation is 1. The minimum absolute atomic E-state index is 0.478. The fraction of sp³-hybridized carbons (Fsp3) is 0.167. The van der Waals surface area contributed by atoms with Crippen molar-refractivity contribution in [3.8, 4) is 0 Å². The van der Waals surface area contributed by atoms with Crippen molar-refractivity contribution in [2.75, 3.05) is 0 Å². The number of allylic oxidation sites excluding steroid dienone is 1. The number of hydrogen-bond acceptors (Lipinski definition) is 2. The second-order valence-corrected chi connectivity index (χ2v) is 4.28. The number of aldehydes is 1. The van der Waals surface area contributed by atoms with Crippen LogP contribution in [-0.4, -0.2) is 15.8 Å². The number of nitrogens with zero attached hydrogens (tertiary/aromatic N) is 2. The third kappa shape index (κ3) is 2.21. The van der Waals surface area contributed by atoms with E-state index in [9.17, 15) is 4.79 Å². The average Bonchev–Trinajstić information content (AvgIpc) is 2.64. The molecule has 0 unspecified atom stereocenters. The Morgan fingerprint density at radius 3 is 2.71 bits per heavy atom. The summed E-state index contributed by atoms with van der Waals surface area (Å²) in [6.45, 7) is 2.74. The third-order valence-electron chi connectivity index (χ3n) is 2.46. The van der Waals surface area contributed by atoms with Crippen LogP contribution in [0.4, 0.5) is 0 Å². The molecule has 0 atom stereocenters. The van der Waals surface area contributed by atoms with E-state index >= 15 is 0 Å². The van der Waals surface area contributed by atoms with Gasteiger partial charge in [0.1, 0.15) is 12.1 Å².